The van der Waals surface area contributed by atoms with E-state index >= 15 is 0 Å². The quantitative estimate of drug-likeness (QED) is 0.199. The van der Waals surface area contributed by atoms with E-state index in [-0.39, 0.29) is 40.7 Å². The van der Waals surface area contributed by atoms with E-state index in [2.05, 4.69) is 66.3 Å². The molecule has 20 radical (unpaired) electrons. The van der Waals surface area contributed by atoms with Crippen LogP contribution in [0.25, 0.3) is 11.2 Å². The number of aliphatic hydroxyl groups is 1. The number of rotatable bonds is 14. The summed E-state index contributed by atoms with van der Waals surface area (Å²) < 4.78 is 20.8. The van der Waals surface area contributed by atoms with Crippen molar-refractivity contribution in [3.63, 3.8) is 0 Å². The third-order valence-electron chi connectivity index (χ3n) is 8.04. The van der Waals surface area contributed by atoms with E-state index in [0.717, 1.165) is 38.5 Å². The molecule has 4 atom stereocenters. The second-order valence-corrected chi connectivity index (χ2v) is 11.4. The molecule has 1 saturated heterocycles. The molecule has 1 aliphatic heterocycles. The van der Waals surface area contributed by atoms with Crippen LogP contribution in [0.2, 0.25) is 0 Å². The summed E-state index contributed by atoms with van der Waals surface area (Å²) in [6, 6.07) is 0. The van der Waals surface area contributed by atoms with E-state index in [1.54, 1.807) is 6.33 Å². The van der Waals surface area contributed by atoms with Crippen molar-refractivity contribution in [3.8, 4) is 0 Å². The molecular formula is C38H45Fe2N5O4+4. The molecule has 7 rings (SSSR count). The molecule has 0 bridgehead atoms. The smallest absolute Gasteiger partial charge is 0.394 e. The molecular weight excluding hydrogens is 702 g/mol. The predicted octanol–water partition coefficient (Wildman–Crippen LogP) is 5.26. The van der Waals surface area contributed by atoms with E-state index in [9.17, 15) is 5.11 Å². The number of aromatic nitrogens is 4. The van der Waals surface area contributed by atoms with Crippen molar-refractivity contribution in [2.75, 3.05) is 25.6 Å². The summed E-state index contributed by atoms with van der Waals surface area (Å²) in [5, 5.41) is 10.1. The minimum atomic E-state index is -0.555. The number of aliphatic hydroxyl groups excluding tert-OH is 1. The fourth-order valence-electron chi connectivity index (χ4n) is 5.62. The second-order valence-electron chi connectivity index (χ2n) is 11.4. The second kappa shape index (κ2) is 24.5. The Labute approximate surface area is 317 Å². The van der Waals surface area contributed by atoms with Gasteiger partial charge in [0, 0.05) is 13.2 Å². The van der Waals surface area contributed by atoms with Crippen LogP contribution in [-0.2, 0) is 48.3 Å². The molecule has 3 N–H and O–H groups in total. The van der Waals surface area contributed by atoms with Gasteiger partial charge in [-0.05, 0) is 153 Å². The summed E-state index contributed by atoms with van der Waals surface area (Å²) in [7, 11) is 0. The number of nitrogens with two attached hydrogens (primary N) is 1. The van der Waals surface area contributed by atoms with Gasteiger partial charge in [-0.1, -0.05) is 12.8 Å². The fourth-order valence-corrected chi connectivity index (χ4v) is 5.62. The molecule has 11 heteroatoms. The molecule has 2 aromatic heterocycles. The number of ether oxygens (including phenoxy) is 3. The third kappa shape index (κ3) is 13.6. The van der Waals surface area contributed by atoms with Crippen LogP contribution in [0.5, 0.6) is 0 Å². The van der Waals surface area contributed by atoms with Gasteiger partial charge in [-0.25, -0.2) is 15.0 Å². The summed E-state index contributed by atoms with van der Waals surface area (Å²) >= 11 is 0. The van der Waals surface area contributed by atoms with E-state index in [1.165, 1.54) is 18.2 Å². The number of fused-ring (bicyclic) bond motifs is 1. The molecule has 4 saturated carbocycles. The largest absolute Gasteiger partial charge is 2.00 e. The zero-order chi connectivity index (χ0) is 32.5. The number of unbranched alkanes of at least 4 members (excludes halogenated alkanes) is 2. The molecule has 5 fully saturated rings. The maximum atomic E-state index is 10.1. The van der Waals surface area contributed by atoms with Crippen LogP contribution in [-0.4, -0.2) is 62.8 Å². The number of nitrogen functional groups attached to an aromatic ring is 1. The average molecular weight is 747 g/mol. The van der Waals surface area contributed by atoms with Crippen LogP contribution in [0.4, 0.5) is 5.82 Å². The summed E-state index contributed by atoms with van der Waals surface area (Å²) in [5.74, 6) is 2.99. The molecule has 0 spiro atoms. The van der Waals surface area contributed by atoms with Gasteiger partial charge in [-0.3, -0.25) is 4.57 Å². The molecule has 5 aliphatic rings. The fraction of sp³-hybridized carbons (Fsp3) is 0.342. The Morgan fingerprint density at radius 3 is 1.63 bits per heavy atom. The Bertz CT molecular complexity index is 1100. The number of hydrogen-bond donors (Lipinski definition) is 2. The minimum absolute atomic E-state index is 0. The number of nitrogens with zero attached hydrogens (tertiary/aromatic N) is 4. The number of imidazole rings is 1. The summed E-state index contributed by atoms with van der Waals surface area (Å²) in [6.45, 7) is 0.952. The van der Waals surface area contributed by atoms with Crippen LogP contribution in [0.15, 0.2) is 12.7 Å². The van der Waals surface area contributed by atoms with Crippen LogP contribution in [0.3, 0.4) is 0 Å². The molecule has 3 heterocycles. The van der Waals surface area contributed by atoms with Crippen LogP contribution >= 0.6 is 0 Å². The molecule has 2 aromatic rings. The first kappa shape index (κ1) is 42.6. The van der Waals surface area contributed by atoms with Crippen molar-refractivity contribution < 1.29 is 53.5 Å². The topological polar surface area (TPSA) is 118 Å². The SMILES string of the molecule is Nc1ncnc2c1ncn2[C@@H]1O[C@H](CO)[C@@H](OCCCC[C]2[CH][CH][CH][CH]2)[C@H]1OCCCC[C]1[CH][CH][CH][CH]1.[CH]1[CH][CH][CH][CH]1.[CH]1[CH][CH][CH][CH]1.[Fe+2].[Fe+2]. The Morgan fingerprint density at radius 2 is 1.14 bits per heavy atom. The van der Waals surface area contributed by atoms with Crippen LogP contribution < -0.4 is 5.73 Å². The Balaban J connectivity index is 0.000000465. The summed E-state index contributed by atoms with van der Waals surface area (Å²) in [5.41, 5.74) is 7.08. The average Bonchev–Trinajstić information content (AvgIpc) is 3.95. The maximum absolute atomic E-state index is 10.1. The zero-order valence-corrected chi connectivity index (χ0v) is 29.7. The van der Waals surface area contributed by atoms with Crippen molar-refractivity contribution in [1.29, 1.82) is 0 Å². The number of anilines is 1. The van der Waals surface area contributed by atoms with Gasteiger partial charge in [0.05, 0.1) is 12.9 Å². The standard InChI is InChI=1S/C28H35N5O4.2C5H5.2Fe/c29-26-23-27(31-18-30-26)33(19-32-23)28-25(36-16-8-6-14-21-11-3-4-12-21)24(22(17-34)37-28)35-15-7-5-13-20-9-1-2-10-20;2*1-2-4-5-3-1;;/h1-4,9-12,18-19,22,24-25,28,34H,5-8,13-17H2,(H2,29,30,31);2*1-5H;;/q;;;2*+2/t22-,24-,25-,28-;;;;/m1..../s1. The number of hydrogen-bond acceptors (Lipinski definition) is 8. The Hall–Kier alpha value is -0.771. The monoisotopic (exact) mass is 747 g/mol. The van der Waals surface area contributed by atoms with Gasteiger partial charge < -0.3 is 25.1 Å². The first-order chi connectivity index (χ1) is 23.2. The molecule has 9 nitrogen and oxygen atoms in total. The predicted molar refractivity (Wildman–Crippen MR) is 182 cm³/mol. The minimum Gasteiger partial charge on any atom is -0.394 e. The molecule has 0 aromatic carbocycles. The normalized spacial score (nSPS) is 25.4. The first-order valence-electron chi connectivity index (χ1n) is 16.4. The Kier molecular flexibility index (Phi) is 21.3. The van der Waals surface area contributed by atoms with Crippen LogP contribution in [0, 0.1) is 127 Å². The van der Waals surface area contributed by atoms with Crippen molar-refractivity contribution in [3.05, 3.63) is 140 Å². The van der Waals surface area contributed by atoms with E-state index in [4.69, 9.17) is 19.9 Å². The van der Waals surface area contributed by atoms with Gasteiger partial charge in [-0.2, -0.15) is 0 Å². The van der Waals surface area contributed by atoms with Gasteiger partial charge in [0.15, 0.2) is 17.7 Å². The molecule has 258 valence electrons. The van der Waals surface area contributed by atoms with Crippen molar-refractivity contribution in [1.82, 2.24) is 19.5 Å². The summed E-state index contributed by atoms with van der Waals surface area (Å²) in [6.07, 6.45) is 43.9. The third-order valence-corrected chi connectivity index (χ3v) is 8.04. The summed E-state index contributed by atoms with van der Waals surface area (Å²) in [4.78, 5) is 12.8. The van der Waals surface area contributed by atoms with Gasteiger partial charge in [-0.15, -0.1) is 0 Å². The van der Waals surface area contributed by atoms with Gasteiger partial charge in [0.2, 0.25) is 0 Å². The van der Waals surface area contributed by atoms with Crippen LogP contribution in [0.1, 0.15) is 44.8 Å². The van der Waals surface area contributed by atoms with Crippen molar-refractivity contribution in [2.45, 2.75) is 63.1 Å². The van der Waals surface area contributed by atoms with E-state index < -0.39 is 24.5 Å². The maximum Gasteiger partial charge on any atom is 2.00 e. The first-order valence-corrected chi connectivity index (χ1v) is 16.4. The Morgan fingerprint density at radius 1 is 0.653 bits per heavy atom. The van der Waals surface area contributed by atoms with Gasteiger partial charge in [0.1, 0.15) is 30.2 Å². The van der Waals surface area contributed by atoms with E-state index in [0.29, 0.717) is 30.2 Å². The molecule has 0 amide bonds. The van der Waals surface area contributed by atoms with Crippen molar-refractivity contribution >= 4 is 17.0 Å². The van der Waals surface area contributed by atoms with E-state index in [1.807, 2.05) is 68.8 Å². The molecule has 0 unspecified atom stereocenters. The molecule has 49 heavy (non-hydrogen) atoms. The molecule has 4 aliphatic carbocycles. The van der Waals surface area contributed by atoms with Gasteiger partial charge >= 0.3 is 34.1 Å². The zero-order valence-electron chi connectivity index (χ0n) is 27.5. The van der Waals surface area contributed by atoms with Crippen molar-refractivity contribution in [2.24, 2.45) is 0 Å². The van der Waals surface area contributed by atoms with Gasteiger partial charge in [0.25, 0.3) is 0 Å².